The predicted octanol–water partition coefficient (Wildman–Crippen LogP) is 3.64. The van der Waals surface area contributed by atoms with Gasteiger partial charge in [0, 0.05) is 23.7 Å². The first kappa shape index (κ1) is 18.7. The molecule has 0 aliphatic heterocycles. The van der Waals surface area contributed by atoms with Crippen LogP contribution in [0.15, 0.2) is 18.3 Å². The molecule has 1 heterocycles. The van der Waals surface area contributed by atoms with E-state index in [0.717, 1.165) is 18.4 Å². The summed E-state index contributed by atoms with van der Waals surface area (Å²) in [5, 5.41) is 3.33. The number of rotatable bonds is 5. The number of nitrogens with one attached hydrogen (secondary N) is 1. The summed E-state index contributed by atoms with van der Waals surface area (Å²) in [7, 11) is 0. The van der Waals surface area contributed by atoms with Crippen LogP contribution >= 0.6 is 11.6 Å². The summed E-state index contributed by atoms with van der Waals surface area (Å²) in [5.41, 5.74) is -0.231. The smallest absolute Gasteiger partial charge is 0.312 e. The van der Waals surface area contributed by atoms with E-state index in [0.29, 0.717) is 18.0 Å². The number of hydrogen-bond donors (Lipinski definition) is 1. The van der Waals surface area contributed by atoms with Crippen molar-refractivity contribution in [1.29, 1.82) is 0 Å². The quantitative estimate of drug-likeness (QED) is 0.648. The molecule has 0 atom stereocenters. The van der Waals surface area contributed by atoms with Crippen molar-refractivity contribution in [3.63, 3.8) is 0 Å². The molecule has 5 nitrogen and oxygen atoms in total. The number of hydrogen-bond acceptors (Lipinski definition) is 4. The summed E-state index contributed by atoms with van der Waals surface area (Å²) in [5.74, 6) is -0.395. The van der Waals surface area contributed by atoms with E-state index in [4.69, 9.17) is 16.3 Å². The number of amides is 1. The van der Waals surface area contributed by atoms with Crippen molar-refractivity contribution in [1.82, 2.24) is 10.3 Å². The average Bonchev–Trinajstić information content (AvgIpc) is 2.94. The molecule has 0 unspecified atom stereocenters. The van der Waals surface area contributed by atoms with Crippen LogP contribution in [0.2, 0.25) is 5.15 Å². The average molecular weight is 353 g/mol. The van der Waals surface area contributed by atoms with Crippen LogP contribution < -0.4 is 5.32 Å². The Hall–Kier alpha value is -1.62. The van der Waals surface area contributed by atoms with E-state index in [1.807, 2.05) is 20.8 Å². The van der Waals surface area contributed by atoms with Crippen molar-refractivity contribution < 1.29 is 14.3 Å². The number of carbonyl (C=O) groups excluding carboxylic acids is 2. The molecule has 6 heteroatoms. The molecule has 1 aromatic rings. The van der Waals surface area contributed by atoms with Crippen molar-refractivity contribution in [3.05, 3.63) is 29.0 Å². The van der Waals surface area contributed by atoms with Crippen molar-refractivity contribution >= 4 is 23.5 Å². The Balaban J connectivity index is 1.99. The Morgan fingerprint density at radius 1 is 1.29 bits per heavy atom. The van der Waals surface area contributed by atoms with E-state index in [-0.39, 0.29) is 30.4 Å². The normalized spacial score (nSPS) is 16.7. The van der Waals surface area contributed by atoms with Crippen molar-refractivity contribution in [2.24, 2.45) is 5.41 Å². The first-order valence-electron chi connectivity index (χ1n) is 8.29. The van der Waals surface area contributed by atoms with Crippen molar-refractivity contribution in [2.75, 3.05) is 0 Å². The van der Waals surface area contributed by atoms with Gasteiger partial charge in [-0.2, -0.15) is 0 Å². The van der Waals surface area contributed by atoms with Gasteiger partial charge in [-0.25, -0.2) is 4.98 Å². The Labute approximate surface area is 148 Å². The number of esters is 1. The molecule has 0 spiro atoms. The number of pyridine rings is 1. The molecule has 1 aromatic heterocycles. The molecule has 132 valence electrons. The van der Waals surface area contributed by atoms with Gasteiger partial charge in [0.2, 0.25) is 5.91 Å². The molecule has 0 aromatic carbocycles. The number of ether oxygens (including phenoxy) is 1. The fraction of sp³-hybridized carbons (Fsp3) is 0.611. The monoisotopic (exact) mass is 352 g/mol. The van der Waals surface area contributed by atoms with Crippen LogP contribution in [0, 0.1) is 5.41 Å². The van der Waals surface area contributed by atoms with E-state index in [2.05, 4.69) is 10.3 Å². The first-order valence-corrected chi connectivity index (χ1v) is 8.67. The standard InChI is InChI=1S/C18H25ClN2O3/c1-17(2,3)21-15(22)10-18(8-4-5-9-18)16(23)24-12-13-6-7-14(19)20-11-13/h6-7,11H,4-5,8-10,12H2,1-3H3,(H,21,22). The highest BCUT2D eigenvalue weighted by molar-refractivity contribution is 6.29. The third-order valence-corrected chi connectivity index (χ3v) is 4.39. The lowest BCUT2D eigenvalue weighted by atomic mass is 9.82. The second-order valence-corrected chi connectivity index (χ2v) is 7.91. The maximum atomic E-state index is 12.7. The lowest BCUT2D eigenvalue weighted by Gasteiger charge is -2.28. The van der Waals surface area contributed by atoms with Crippen LogP contribution in [-0.2, 0) is 20.9 Å². The number of nitrogens with zero attached hydrogens (tertiary/aromatic N) is 1. The zero-order valence-electron chi connectivity index (χ0n) is 14.5. The van der Waals surface area contributed by atoms with Gasteiger partial charge in [0.1, 0.15) is 11.8 Å². The maximum Gasteiger partial charge on any atom is 0.312 e. The zero-order valence-corrected chi connectivity index (χ0v) is 15.3. The lowest BCUT2D eigenvalue weighted by Crippen LogP contribution is -2.44. The second-order valence-electron chi connectivity index (χ2n) is 7.53. The van der Waals surface area contributed by atoms with Crippen molar-refractivity contribution in [2.45, 2.75) is 65.0 Å². The molecular formula is C18H25ClN2O3. The minimum atomic E-state index is -0.699. The Morgan fingerprint density at radius 3 is 2.50 bits per heavy atom. The Kier molecular flexibility index (Phi) is 5.86. The van der Waals surface area contributed by atoms with Crippen LogP contribution in [-0.4, -0.2) is 22.4 Å². The van der Waals surface area contributed by atoms with E-state index in [9.17, 15) is 9.59 Å². The van der Waals surface area contributed by atoms with Crippen LogP contribution in [0.3, 0.4) is 0 Å². The fourth-order valence-corrected chi connectivity index (χ4v) is 3.18. The van der Waals surface area contributed by atoms with Gasteiger partial charge in [-0.15, -0.1) is 0 Å². The molecule has 2 rings (SSSR count). The Bertz CT molecular complexity index is 587. The van der Waals surface area contributed by atoms with Crippen molar-refractivity contribution in [3.8, 4) is 0 Å². The summed E-state index contributed by atoms with van der Waals surface area (Å²) in [4.78, 5) is 28.9. The molecule has 1 N–H and O–H groups in total. The van der Waals surface area contributed by atoms with E-state index in [1.165, 1.54) is 0 Å². The van der Waals surface area contributed by atoms with Gasteiger partial charge in [-0.1, -0.05) is 30.5 Å². The van der Waals surface area contributed by atoms with Gasteiger partial charge in [0.25, 0.3) is 0 Å². The molecule has 1 amide bonds. The molecule has 0 saturated heterocycles. The molecule has 1 aliphatic rings. The van der Waals surface area contributed by atoms with E-state index in [1.54, 1.807) is 18.3 Å². The molecule has 0 bridgehead atoms. The minimum absolute atomic E-state index is 0.102. The molecule has 1 aliphatic carbocycles. The number of halogens is 1. The largest absolute Gasteiger partial charge is 0.460 e. The van der Waals surface area contributed by atoms with Crippen LogP contribution in [0.25, 0.3) is 0 Å². The molecule has 1 saturated carbocycles. The summed E-state index contributed by atoms with van der Waals surface area (Å²) in [6.45, 7) is 5.93. The topological polar surface area (TPSA) is 68.3 Å². The van der Waals surface area contributed by atoms with Crippen LogP contribution in [0.5, 0.6) is 0 Å². The Morgan fingerprint density at radius 2 is 1.96 bits per heavy atom. The molecule has 0 radical (unpaired) electrons. The third-order valence-electron chi connectivity index (χ3n) is 4.17. The predicted molar refractivity (Wildman–Crippen MR) is 92.5 cm³/mol. The van der Waals surface area contributed by atoms with Gasteiger partial charge >= 0.3 is 5.97 Å². The highest BCUT2D eigenvalue weighted by atomic mass is 35.5. The summed E-state index contributed by atoms with van der Waals surface area (Å²) in [6.07, 6.45) is 5.05. The van der Waals surface area contributed by atoms with Gasteiger partial charge in [0.05, 0.1) is 5.41 Å². The van der Waals surface area contributed by atoms with E-state index >= 15 is 0 Å². The lowest BCUT2D eigenvalue weighted by molar-refractivity contribution is -0.159. The fourth-order valence-electron chi connectivity index (χ4n) is 3.07. The highest BCUT2D eigenvalue weighted by Crippen LogP contribution is 2.42. The zero-order chi connectivity index (χ0) is 17.8. The van der Waals surface area contributed by atoms with Gasteiger partial charge in [-0.3, -0.25) is 9.59 Å². The first-order chi connectivity index (χ1) is 11.2. The number of aromatic nitrogens is 1. The maximum absolute atomic E-state index is 12.7. The van der Waals surface area contributed by atoms with Gasteiger partial charge in [0.15, 0.2) is 0 Å². The highest BCUT2D eigenvalue weighted by Gasteiger charge is 2.44. The molecule has 24 heavy (non-hydrogen) atoms. The number of carbonyl (C=O) groups is 2. The van der Waals surface area contributed by atoms with Gasteiger partial charge in [-0.05, 0) is 39.7 Å². The van der Waals surface area contributed by atoms with Crippen LogP contribution in [0.1, 0.15) is 58.4 Å². The van der Waals surface area contributed by atoms with Gasteiger partial charge < -0.3 is 10.1 Å². The molecular weight excluding hydrogens is 328 g/mol. The summed E-state index contributed by atoms with van der Waals surface area (Å²) >= 11 is 5.75. The van der Waals surface area contributed by atoms with Crippen LogP contribution in [0.4, 0.5) is 0 Å². The molecule has 1 fully saturated rings. The SMILES string of the molecule is CC(C)(C)NC(=O)CC1(C(=O)OCc2ccc(Cl)nc2)CCCC1. The second kappa shape index (κ2) is 7.51. The third kappa shape index (κ3) is 5.20. The summed E-state index contributed by atoms with van der Waals surface area (Å²) in [6, 6.07) is 3.43. The van der Waals surface area contributed by atoms with E-state index < -0.39 is 5.41 Å². The minimum Gasteiger partial charge on any atom is -0.460 e. The summed E-state index contributed by atoms with van der Waals surface area (Å²) < 4.78 is 5.48.